The monoisotopic (exact) mass is 646 g/mol. The van der Waals surface area contributed by atoms with E-state index in [0.29, 0.717) is 30.5 Å². The third kappa shape index (κ3) is 10.1. The molecular weight excluding hydrogens is 621 g/mol. The zero-order valence-corrected chi connectivity index (χ0v) is 24.2. The van der Waals surface area contributed by atoms with E-state index >= 15 is 0 Å². The van der Waals surface area contributed by atoms with Crippen LogP contribution < -0.4 is 0 Å². The van der Waals surface area contributed by atoms with Crippen LogP contribution >= 0.6 is 23.2 Å². The predicted molar refractivity (Wildman–Crippen MR) is 141 cm³/mol. The van der Waals surface area contributed by atoms with Gasteiger partial charge < -0.3 is 4.90 Å². The lowest BCUT2D eigenvalue weighted by molar-refractivity contribution is -0.143. The van der Waals surface area contributed by atoms with Gasteiger partial charge in [0.15, 0.2) is 0 Å². The molecule has 0 spiro atoms. The highest BCUT2D eigenvalue weighted by Crippen LogP contribution is 2.40. The zero-order valence-electron chi connectivity index (χ0n) is 21.9. The molecule has 2 aromatic rings. The average Bonchev–Trinajstić information content (AvgIpc) is 2.84. The highest BCUT2D eigenvalue weighted by molar-refractivity contribution is 7.85. The summed E-state index contributed by atoms with van der Waals surface area (Å²) in [5.41, 5.74) is -3.64. The van der Waals surface area contributed by atoms with Crippen molar-refractivity contribution in [3.05, 3.63) is 68.7 Å². The van der Waals surface area contributed by atoms with Gasteiger partial charge in [-0.25, -0.2) is 0 Å². The van der Waals surface area contributed by atoms with Crippen LogP contribution in [0.15, 0.2) is 36.4 Å². The minimum atomic E-state index is -5.03. The van der Waals surface area contributed by atoms with E-state index in [-0.39, 0.29) is 42.2 Å². The number of hydrogen-bond donors (Lipinski definition) is 0. The summed E-state index contributed by atoms with van der Waals surface area (Å²) >= 11 is 12.2. The van der Waals surface area contributed by atoms with Gasteiger partial charge in [-0.2, -0.15) is 40.0 Å². The Labute approximate surface area is 243 Å². The smallest absolute Gasteiger partial charge is 0.342 e. The summed E-state index contributed by atoms with van der Waals surface area (Å²) < 4.78 is 107. The molecule has 226 valence electrons. The number of hydrogen-bond acceptors (Lipinski definition) is 5. The Morgan fingerprint density at radius 1 is 1.05 bits per heavy atom. The number of rotatable bonds is 7. The maximum Gasteiger partial charge on any atom is 0.416 e. The fourth-order valence-electron chi connectivity index (χ4n) is 4.55. The average molecular weight is 647 g/mol. The van der Waals surface area contributed by atoms with Crippen molar-refractivity contribution in [2.45, 2.75) is 50.4 Å². The minimum Gasteiger partial charge on any atom is -0.342 e. The van der Waals surface area contributed by atoms with Crippen molar-refractivity contribution < 1.29 is 43.7 Å². The van der Waals surface area contributed by atoms with E-state index < -0.39 is 56.9 Å². The van der Waals surface area contributed by atoms with E-state index in [1.807, 2.05) is 0 Å². The topological polar surface area (TPSA) is 87.5 Å². The summed E-state index contributed by atoms with van der Waals surface area (Å²) in [6, 6.07) is 7.62. The standard InChI is InChI=1S/C24H23Cl2F6NO4S.C2H3N/c1-38(35,36)37-8-6-22(16-3-4-19(25)20(26)13-16)5-2-7-33(14-22)21(34)11-15-9-17(23(27,28)29)12-18(10-15)24(30,31)32;1-2-3/h3-4,9-10,12-13H,2,5-8,11,14H2,1H3;1H3/t22-;/m1./s1. The molecule has 1 fully saturated rings. The van der Waals surface area contributed by atoms with E-state index in [4.69, 9.17) is 32.6 Å². The van der Waals surface area contributed by atoms with E-state index in [9.17, 15) is 39.6 Å². The molecule has 0 N–H and O–H groups in total. The summed E-state index contributed by atoms with van der Waals surface area (Å²) in [7, 11) is -3.76. The van der Waals surface area contributed by atoms with Crippen LogP contribution in [0.5, 0.6) is 0 Å². The third-order valence-electron chi connectivity index (χ3n) is 6.34. The van der Waals surface area contributed by atoms with Crippen molar-refractivity contribution in [2.75, 3.05) is 26.0 Å². The van der Waals surface area contributed by atoms with E-state index in [1.165, 1.54) is 11.8 Å². The summed E-state index contributed by atoms with van der Waals surface area (Å²) in [4.78, 5) is 14.5. The molecule has 15 heteroatoms. The first-order valence-electron chi connectivity index (χ1n) is 12.0. The molecule has 0 aromatic heterocycles. The number of amides is 1. The second-order valence-corrected chi connectivity index (χ2v) is 11.9. The van der Waals surface area contributed by atoms with Crippen LogP contribution in [0.3, 0.4) is 0 Å². The normalized spacial score (nSPS) is 17.8. The summed E-state index contributed by atoms with van der Waals surface area (Å²) in [6.07, 6.45) is -8.81. The van der Waals surface area contributed by atoms with E-state index in [1.54, 1.807) is 24.3 Å². The van der Waals surface area contributed by atoms with Crippen molar-refractivity contribution >= 4 is 39.2 Å². The Bertz CT molecular complexity index is 1360. The lowest BCUT2D eigenvalue weighted by Crippen LogP contribution is -2.49. The molecule has 1 amide bonds. The second-order valence-electron chi connectivity index (χ2n) is 9.42. The molecule has 41 heavy (non-hydrogen) atoms. The number of carbonyl (C=O) groups is 1. The fraction of sp³-hybridized carbons (Fsp3) is 0.462. The molecule has 1 aliphatic heterocycles. The van der Waals surface area contributed by atoms with Crippen LogP contribution in [0.25, 0.3) is 0 Å². The van der Waals surface area contributed by atoms with E-state index in [2.05, 4.69) is 0 Å². The molecule has 1 heterocycles. The molecule has 1 saturated heterocycles. The number of carbonyl (C=O) groups excluding carboxylic acids is 1. The number of alkyl halides is 6. The van der Waals surface area contributed by atoms with Gasteiger partial charge in [0.2, 0.25) is 5.91 Å². The first-order valence-corrected chi connectivity index (χ1v) is 14.6. The van der Waals surface area contributed by atoms with Gasteiger partial charge in [0.25, 0.3) is 10.1 Å². The molecule has 2 aromatic carbocycles. The first-order chi connectivity index (χ1) is 18.8. The number of nitrogens with zero attached hydrogens (tertiary/aromatic N) is 2. The molecule has 3 rings (SSSR count). The maximum atomic E-state index is 13.2. The largest absolute Gasteiger partial charge is 0.416 e. The quantitative estimate of drug-likeness (QED) is 0.238. The number of benzene rings is 2. The molecule has 0 radical (unpaired) electrons. The van der Waals surface area contributed by atoms with Gasteiger partial charge in [-0.15, -0.1) is 0 Å². The molecule has 0 saturated carbocycles. The highest BCUT2D eigenvalue weighted by atomic mass is 35.5. The Balaban J connectivity index is 0.00000187. The Morgan fingerprint density at radius 2 is 1.61 bits per heavy atom. The van der Waals surface area contributed by atoms with Crippen molar-refractivity contribution in [1.29, 1.82) is 5.26 Å². The summed E-state index contributed by atoms with van der Waals surface area (Å²) in [5.74, 6) is -0.675. The molecule has 1 atom stereocenters. The van der Waals surface area contributed by atoms with Crippen LogP contribution in [-0.2, 0) is 43.3 Å². The van der Waals surface area contributed by atoms with Crippen LogP contribution in [0.1, 0.15) is 48.4 Å². The molecular formula is C26H26Cl2F6N2O4S. The van der Waals surface area contributed by atoms with Crippen LogP contribution in [-0.4, -0.2) is 45.2 Å². The summed E-state index contributed by atoms with van der Waals surface area (Å²) in [6.45, 7) is 1.44. The lowest BCUT2D eigenvalue weighted by atomic mass is 9.72. The predicted octanol–water partition coefficient (Wildman–Crippen LogP) is 7.03. The van der Waals surface area contributed by atoms with Crippen LogP contribution in [0.2, 0.25) is 10.0 Å². The van der Waals surface area contributed by atoms with Gasteiger partial charge in [-0.3, -0.25) is 8.98 Å². The van der Waals surface area contributed by atoms with Gasteiger partial charge in [-0.05, 0) is 60.7 Å². The fourth-order valence-corrected chi connectivity index (χ4v) is 5.24. The van der Waals surface area contributed by atoms with Gasteiger partial charge in [0.05, 0.1) is 46.5 Å². The molecule has 6 nitrogen and oxygen atoms in total. The molecule has 0 aliphatic carbocycles. The molecule has 0 unspecified atom stereocenters. The SMILES string of the molecule is CC#N.CS(=O)(=O)OCC[C@]1(c2ccc(Cl)c(Cl)c2)CCCN(C(=O)Cc2cc(C(F)(F)F)cc(C(F)(F)F)c2)C1. The van der Waals surface area contributed by atoms with Gasteiger partial charge in [0, 0.05) is 25.4 Å². The zero-order chi connectivity index (χ0) is 31.2. The van der Waals surface area contributed by atoms with Crippen LogP contribution in [0, 0.1) is 11.3 Å². The molecule has 1 aliphatic rings. The lowest BCUT2D eigenvalue weighted by Gasteiger charge is -2.43. The van der Waals surface area contributed by atoms with Crippen molar-refractivity contribution in [2.24, 2.45) is 0 Å². The molecule has 0 bridgehead atoms. The number of likely N-dealkylation sites (tertiary alicyclic amines) is 1. The number of nitriles is 1. The van der Waals surface area contributed by atoms with Crippen molar-refractivity contribution in [3.8, 4) is 6.07 Å². The Kier molecular flexibility index (Phi) is 11.5. The maximum absolute atomic E-state index is 13.2. The van der Waals surface area contributed by atoms with Gasteiger partial charge in [-0.1, -0.05) is 29.3 Å². The Morgan fingerprint density at radius 3 is 2.10 bits per heavy atom. The Hall–Kier alpha value is -2.53. The highest BCUT2D eigenvalue weighted by Gasteiger charge is 2.40. The third-order valence-corrected chi connectivity index (χ3v) is 7.68. The van der Waals surface area contributed by atoms with Crippen LogP contribution in [0.4, 0.5) is 26.3 Å². The van der Waals surface area contributed by atoms with Gasteiger partial charge in [0.1, 0.15) is 0 Å². The summed E-state index contributed by atoms with van der Waals surface area (Å²) in [5, 5.41) is 7.81. The van der Waals surface area contributed by atoms with Crippen molar-refractivity contribution in [1.82, 2.24) is 4.90 Å². The number of piperidine rings is 1. The van der Waals surface area contributed by atoms with Gasteiger partial charge >= 0.3 is 12.4 Å². The van der Waals surface area contributed by atoms with E-state index in [0.717, 1.165) is 6.26 Å². The first kappa shape index (κ1) is 34.7. The second kappa shape index (κ2) is 13.6. The number of halogens is 8. The van der Waals surface area contributed by atoms with Crippen molar-refractivity contribution in [3.63, 3.8) is 0 Å². The minimum absolute atomic E-state index is 0.00591.